The zero-order valence-electron chi connectivity index (χ0n) is 39.0. The maximum Gasteiger partial charge on any atom is 0.481 e. The van der Waals surface area contributed by atoms with Gasteiger partial charge in [-0.3, -0.25) is 23.2 Å². The molecule has 374 valence electrons. The predicted molar refractivity (Wildman–Crippen MR) is 247 cm³/mol. The van der Waals surface area contributed by atoms with Crippen molar-refractivity contribution < 1.29 is 66.3 Å². The van der Waals surface area contributed by atoms with Crippen LogP contribution in [-0.4, -0.2) is 85.7 Å². The van der Waals surface area contributed by atoms with Crippen LogP contribution in [0, 0.1) is 5.92 Å². The lowest BCUT2D eigenvalue weighted by molar-refractivity contribution is -0.161. The lowest BCUT2D eigenvalue weighted by atomic mass is 9.99. The van der Waals surface area contributed by atoms with Crippen LogP contribution in [0.3, 0.4) is 0 Å². The molecule has 1 saturated heterocycles. The van der Waals surface area contributed by atoms with Gasteiger partial charge in [0.1, 0.15) is 30.7 Å². The second-order valence-corrected chi connectivity index (χ2v) is 19.9. The van der Waals surface area contributed by atoms with Crippen LogP contribution in [0.25, 0.3) is 0 Å². The first kappa shape index (κ1) is 58.4. The molecule has 4 unspecified atom stereocenters. The SMILES string of the molecule is CCCCCC/C=C\C=C/CCCCCCCC(=O)O[C@H](COC(=O)CCCCCCCCCCC(C)CC)COP(=O)(O)OP(=O)(O)OC[C@H]1O[C@@H](n2ccc(N)nc2=O)C(O)[C@H]1O. The van der Waals surface area contributed by atoms with E-state index >= 15 is 0 Å². The molecule has 1 aromatic rings. The smallest absolute Gasteiger partial charge is 0.462 e. The average molecular weight is 964 g/mol. The largest absolute Gasteiger partial charge is 0.481 e. The van der Waals surface area contributed by atoms with E-state index in [4.69, 9.17) is 29.0 Å². The zero-order chi connectivity index (χ0) is 47.9. The third kappa shape index (κ3) is 27.0. The topological polar surface area (TPSA) is 265 Å². The van der Waals surface area contributed by atoms with Gasteiger partial charge in [-0.2, -0.15) is 9.29 Å². The number of nitrogen functional groups attached to an aromatic ring is 1. The van der Waals surface area contributed by atoms with Crippen molar-refractivity contribution in [2.75, 3.05) is 25.6 Å². The Morgan fingerprint density at radius 1 is 0.800 bits per heavy atom. The summed E-state index contributed by atoms with van der Waals surface area (Å²) >= 11 is 0. The van der Waals surface area contributed by atoms with E-state index in [9.17, 15) is 43.5 Å². The van der Waals surface area contributed by atoms with Gasteiger partial charge in [-0.05, 0) is 50.5 Å². The second-order valence-electron chi connectivity index (χ2n) is 16.9. The molecule has 0 bridgehead atoms. The van der Waals surface area contributed by atoms with Gasteiger partial charge in [0, 0.05) is 19.0 Å². The molecule has 20 heteroatoms. The molecule has 65 heavy (non-hydrogen) atoms. The Labute approximate surface area is 385 Å². The molecule has 18 nitrogen and oxygen atoms in total. The summed E-state index contributed by atoms with van der Waals surface area (Å²) in [4.78, 5) is 61.7. The number of rotatable bonds is 38. The Bertz CT molecular complexity index is 1700. The number of unbranched alkanes of at least 4 members (excludes halogenated alkanes) is 16. The maximum atomic E-state index is 12.8. The molecule has 1 aromatic heterocycles. The van der Waals surface area contributed by atoms with Crippen LogP contribution in [0.4, 0.5) is 5.82 Å². The van der Waals surface area contributed by atoms with Crippen molar-refractivity contribution in [3.05, 3.63) is 47.1 Å². The summed E-state index contributed by atoms with van der Waals surface area (Å²) in [6, 6.07) is 1.25. The molecular formula is C45H79N3O15P2. The fourth-order valence-electron chi connectivity index (χ4n) is 6.99. The van der Waals surface area contributed by atoms with Crippen LogP contribution < -0.4 is 11.4 Å². The van der Waals surface area contributed by atoms with Crippen molar-refractivity contribution in [3.8, 4) is 0 Å². The van der Waals surface area contributed by atoms with Crippen molar-refractivity contribution in [2.24, 2.45) is 5.92 Å². The Balaban J connectivity index is 1.84. The summed E-state index contributed by atoms with van der Waals surface area (Å²) in [7, 11) is -10.8. The highest BCUT2D eigenvalue weighted by molar-refractivity contribution is 7.61. The number of anilines is 1. The highest BCUT2D eigenvalue weighted by atomic mass is 31.3. The molecule has 0 aliphatic carbocycles. The van der Waals surface area contributed by atoms with Gasteiger partial charge < -0.3 is 39.9 Å². The number of allylic oxidation sites excluding steroid dienone is 4. The molecule has 0 aromatic carbocycles. The Kier molecular flexibility index (Phi) is 30.2. The van der Waals surface area contributed by atoms with Crippen molar-refractivity contribution >= 4 is 33.4 Å². The molecule has 0 saturated carbocycles. The van der Waals surface area contributed by atoms with Crippen molar-refractivity contribution in [1.82, 2.24) is 9.55 Å². The molecule has 8 atom stereocenters. The van der Waals surface area contributed by atoms with Crippen molar-refractivity contribution in [1.29, 1.82) is 0 Å². The Morgan fingerprint density at radius 2 is 1.35 bits per heavy atom. The van der Waals surface area contributed by atoms with E-state index in [1.165, 1.54) is 63.9 Å². The van der Waals surface area contributed by atoms with E-state index in [-0.39, 0.29) is 18.7 Å². The number of ether oxygens (including phenoxy) is 3. The van der Waals surface area contributed by atoms with Crippen LogP contribution in [0.5, 0.6) is 0 Å². The van der Waals surface area contributed by atoms with Crippen LogP contribution in [0.1, 0.15) is 175 Å². The first-order valence-corrected chi connectivity index (χ1v) is 26.8. The zero-order valence-corrected chi connectivity index (χ0v) is 40.7. The highest BCUT2D eigenvalue weighted by Gasteiger charge is 2.46. The fourth-order valence-corrected chi connectivity index (χ4v) is 9.10. The summed E-state index contributed by atoms with van der Waals surface area (Å²) in [5.41, 5.74) is 4.58. The number of phosphoric acid groups is 2. The van der Waals surface area contributed by atoms with Gasteiger partial charge >= 0.3 is 33.3 Å². The van der Waals surface area contributed by atoms with Gasteiger partial charge in [0.25, 0.3) is 0 Å². The lowest BCUT2D eigenvalue weighted by Gasteiger charge is -2.21. The van der Waals surface area contributed by atoms with E-state index in [1.54, 1.807) is 0 Å². The highest BCUT2D eigenvalue weighted by Crippen LogP contribution is 2.60. The number of carbonyl (C=O) groups is 2. The fraction of sp³-hybridized carbons (Fsp3) is 0.778. The van der Waals surface area contributed by atoms with Gasteiger partial charge in [-0.15, -0.1) is 0 Å². The van der Waals surface area contributed by atoms with Gasteiger partial charge in [0.2, 0.25) is 0 Å². The molecule has 1 aliphatic rings. The van der Waals surface area contributed by atoms with Crippen molar-refractivity contribution in [2.45, 2.75) is 199 Å². The quantitative estimate of drug-likeness (QED) is 0.0179. The summed E-state index contributed by atoms with van der Waals surface area (Å²) in [6.07, 6.45) is 24.2. The molecule has 1 fully saturated rings. The number of aromatic nitrogens is 2. The minimum absolute atomic E-state index is 0.0341. The molecule has 0 radical (unpaired) electrons. The van der Waals surface area contributed by atoms with Gasteiger partial charge in [0.15, 0.2) is 12.3 Å². The van der Waals surface area contributed by atoms with E-state index in [0.29, 0.717) is 12.8 Å². The van der Waals surface area contributed by atoms with E-state index < -0.39 is 83.7 Å². The van der Waals surface area contributed by atoms with Crippen LogP contribution in [-0.2, 0) is 46.3 Å². The maximum absolute atomic E-state index is 12.8. The molecule has 6 N–H and O–H groups in total. The average Bonchev–Trinajstić information content (AvgIpc) is 3.54. The first-order chi connectivity index (χ1) is 31.1. The molecular weight excluding hydrogens is 884 g/mol. The number of esters is 2. The van der Waals surface area contributed by atoms with Crippen LogP contribution in [0.15, 0.2) is 41.4 Å². The normalized spacial score (nSPS) is 20.5. The molecule has 1 aliphatic heterocycles. The minimum Gasteiger partial charge on any atom is -0.462 e. The lowest BCUT2D eigenvalue weighted by Crippen LogP contribution is -2.36. The molecule has 2 heterocycles. The van der Waals surface area contributed by atoms with E-state index in [1.807, 2.05) is 0 Å². The van der Waals surface area contributed by atoms with Gasteiger partial charge in [-0.1, -0.05) is 141 Å². The Morgan fingerprint density at radius 3 is 1.95 bits per heavy atom. The number of aliphatic hydroxyl groups is 2. The number of phosphoric ester groups is 2. The molecule has 0 spiro atoms. The summed E-state index contributed by atoms with van der Waals surface area (Å²) in [5.74, 6) is -0.540. The number of nitrogens with two attached hydrogens (primary N) is 1. The standard InChI is InChI=1S/C45H79N3O15P2/c1-4-6-7-8-9-10-11-12-13-14-15-16-21-24-27-30-41(50)61-37(33-58-40(49)29-26-23-20-18-17-19-22-25-28-36(3)5-2)34-59-64(54,55)63-65(56,57)60-35-38-42(51)43(52)44(62-38)48-32-31-39(46)47-45(48)53/h10-13,31-32,36-38,42-44,51-52H,4-9,14-30,33-35H2,1-3H3,(H,54,55)(H,56,57)(H2,46,47,53)/b11-10-,13-12-/t36?,37-,38-,42+,43?,44-/m1/s1. The Hall–Kier alpha value is -2.76. The van der Waals surface area contributed by atoms with Gasteiger partial charge in [-0.25, -0.2) is 13.9 Å². The van der Waals surface area contributed by atoms with Crippen LogP contribution >= 0.6 is 15.6 Å². The number of hydrogen-bond donors (Lipinski definition) is 5. The number of hydrogen-bond acceptors (Lipinski definition) is 15. The third-order valence-electron chi connectivity index (χ3n) is 11.1. The third-order valence-corrected chi connectivity index (χ3v) is 13.7. The number of aliphatic hydroxyl groups excluding tert-OH is 2. The summed E-state index contributed by atoms with van der Waals surface area (Å²) in [5, 5.41) is 20.9. The number of carbonyl (C=O) groups excluding carboxylic acids is 2. The summed E-state index contributed by atoms with van der Waals surface area (Å²) in [6.45, 7) is 4.40. The molecule has 0 amide bonds. The monoisotopic (exact) mass is 963 g/mol. The first-order valence-electron chi connectivity index (χ1n) is 23.8. The second kappa shape index (κ2) is 33.7. The predicted octanol–water partition coefficient (Wildman–Crippen LogP) is 8.91. The van der Waals surface area contributed by atoms with E-state index in [2.05, 4.69) is 54.4 Å². The van der Waals surface area contributed by atoms with E-state index in [0.717, 1.165) is 80.9 Å². The minimum atomic E-state index is -5.42. The van der Waals surface area contributed by atoms with Gasteiger partial charge in [0.05, 0.1) is 13.2 Å². The number of nitrogens with zero attached hydrogens (tertiary/aromatic N) is 2. The van der Waals surface area contributed by atoms with Crippen LogP contribution in [0.2, 0.25) is 0 Å². The molecule has 2 rings (SSSR count). The van der Waals surface area contributed by atoms with Crippen molar-refractivity contribution in [3.63, 3.8) is 0 Å². The summed E-state index contributed by atoms with van der Waals surface area (Å²) < 4.78 is 56.6.